The van der Waals surface area contributed by atoms with Gasteiger partial charge in [0.15, 0.2) is 0 Å². The van der Waals surface area contributed by atoms with Gasteiger partial charge < -0.3 is 4.90 Å². The molecule has 2 aromatic rings. The van der Waals surface area contributed by atoms with Crippen molar-refractivity contribution in [3.8, 4) is 0 Å². The Hall–Kier alpha value is -2.76. The molecule has 0 spiro atoms. The number of carbonyl (C=O) groups is 2. The number of aromatic nitrogens is 2. The Balaban J connectivity index is 1.70. The van der Waals surface area contributed by atoms with Crippen molar-refractivity contribution in [2.45, 2.75) is 25.8 Å². The van der Waals surface area contributed by atoms with Gasteiger partial charge in [0.05, 0.1) is 6.54 Å². The van der Waals surface area contributed by atoms with Crippen LogP contribution in [0.2, 0.25) is 0 Å². The van der Waals surface area contributed by atoms with E-state index in [1.165, 1.54) is 4.90 Å². The number of benzene rings is 1. The number of nitrogens with zero attached hydrogens (tertiary/aromatic N) is 4. The van der Waals surface area contributed by atoms with Gasteiger partial charge in [0.25, 0.3) is 0 Å². The Kier molecular flexibility index (Phi) is 4.84. The summed E-state index contributed by atoms with van der Waals surface area (Å²) in [6.07, 6.45) is 3.63. The van der Waals surface area contributed by atoms with Gasteiger partial charge in [-0.15, -0.1) is 0 Å². The highest BCUT2D eigenvalue weighted by Gasteiger charge is 2.33. The van der Waals surface area contributed by atoms with Crippen LogP contribution in [0.15, 0.2) is 48.8 Å². The highest BCUT2D eigenvalue weighted by Crippen LogP contribution is 2.20. The maximum Gasteiger partial charge on any atom is 0.327 e. The fourth-order valence-corrected chi connectivity index (χ4v) is 2.81. The van der Waals surface area contributed by atoms with E-state index in [1.54, 1.807) is 23.4 Å². The first kappa shape index (κ1) is 16.1. The van der Waals surface area contributed by atoms with Gasteiger partial charge in [0.1, 0.15) is 5.82 Å². The van der Waals surface area contributed by atoms with Crippen LogP contribution in [0.25, 0.3) is 0 Å². The SMILES string of the molecule is CC(CN1C(=O)CCN(Cc2ncccn2)C1=O)c1ccccc1. The van der Waals surface area contributed by atoms with Crippen molar-refractivity contribution in [1.29, 1.82) is 0 Å². The molecule has 0 saturated carbocycles. The fraction of sp³-hybridized carbons (Fsp3) is 0.333. The molecule has 124 valence electrons. The van der Waals surface area contributed by atoms with E-state index in [1.807, 2.05) is 37.3 Å². The second kappa shape index (κ2) is 7.21. The van der Waals surface area contributed by atoms with E-state index in [0.717, 1.165) is 5.56 Å². The van der Waals surface area contributed by atoms with Gasteiger partial charge >= 0.3 is 6.03 Å². The molecule has 3 rings (SSSR count). The average Bonchev–Trinajstić information content (AvgIpc) is 2.62. The fourth-order valence-electron chi connectivity index (χ4n) is 2.81. The molecule has 0 radical (unpaired) electrons. The molecule has 6 heteroatoms. The van der Waals surface area contributed by atoms with E-state index < -0.39 is 0 Å². The summed E-state index contributed by atoms with van der Waals surface area (Å²) >= 11 is 0. The molecule has 1 aromatic heterocycles. The predicted molar refractivity (Wildman–Crippen MR) is 89.0 cm³/mol. The molecule has 1 aliphatic heterocycles. The number of hydrogen-bond donors (Lipinski definition) is 0. The van der Waals surface area contributed by atoms with Crippen LogP contribution in [-0.4, -0.2) is 44.8 Å². The Morgan fingerprint density at radius 3 is 2.50 bits per heavy atom. The van der Waals surface area contributed by atoms with Crippen LogP contribution in [0.5, 0.6) is 0 Å². The maximum atomic E-state index is 12.7. The molecule has 6 nitrogen and oxygen atoms in total. The number of hydrogen-bond acceptors (Lipinski definition) is 4. The first-order valence-corrected chi connectivity index (χ1v) is 8.05. The van der Waals surface area contributed by atoms with Crippen LogP contribution in [-0.2, 0) is 11.3 Å². The summed E-state index contributed by atoms with van der Waals surface area (Å²) < 4.78 is 0. The molecular weight excluding hydrogens is 304 g/mol. The van der Waals surface area contributed by atoms with E-state index in [9.17, 15) is 9.59 Å². The lowest BCUT2D eigenvalue weighted by molar-refractivity contribution is -0.131. The van der Waals surface area contributed by atoms with Crippen molar-refractivity contribution in [2.75, 3.05) is 13.1 Å². The second-order valence-corrected chi connectivity index (χ2v) is 5.94. The van der Waals surface area contributed by atoms with E-state index in [4.69, 9.17) is 0 Å². The monoisotopic (exact) mass is 324 g/mol. The quantitative estimate of drug-likeness (QED) is 0.847. The third kappa shape index (κ3) is 3.59. The first-order valence-electron chi connectivity index (χ1n) is 8.05. The Labute approximate surface area is 141 Å². The Morgan fingerprint density at radius 2 is 1.79 bits per heavy atom. The molecule has 1 fully saturated rings. The van der Waals surface area contributed by atoms with Gasteiger partial charge in [-0.25, -0.2) is 14.8 Å². The third-order valence-electron chi connectivity index (χ3n) is 4.17. The highest BCUT2D eigenvalue weighted by atomic mass is 16.2. The summed E-state index contributed by atoms with van der Waals surface area (Å²) in [6, 6.07) is 11.4. The van der Waals surface area contributed by atoms with Crippen molar-refractivity contribution in [3.05, 3.63) is 60.2 Å². The molecule has 1 atom stereocenters. The van der Waals surface area contributed by atoms with Crippen molar-refractivity contribution in [1.82, 2.24) is 19.8 Å². The molecule has 1 unspecified atom stereocenters. The summed E-state index contributed by atoms with van der Waals surface area (Å²) in [4.78, 5) is 36.2. The summed E-state index contributed by atoms with van der Waals surface area (Å²) in [5.74, 6) is 0.552. The van der Waals surface area contributed by atoms with Crippen LogP contribution in [0.4, 0.5) is 4.79 Å². The molecule has 0 bridgehead atoms. The summed E-state index contributed by atoms with van der Waals surface area (Å²) in [5.41, 5.74) is 1.11. The largest absolute Gasteiger partial charge is 0.327 e. The third-order valence-corrected chi connectivity index (χ3v) is 4.17. The molecule has 1 aromatic carbocycles. The molecule has 0 N–H and O–H groups in total. The second-order valence-electron chi connectivity index (χ2n) is 5.94. The van der Waals surface area contributed by atoms with Crippen molar-refractivity contribution in [2.24, 2.45) is 0 Å². The van der Waals surface area contributed by atoms with Crippen LogP contribution < -0.4 is 0 Å². The molecule has 0 aliphatic carbocycles. The number of amides is 3. The van der Waals surface area contributed by atoms with Gasteiger partial charge in [-0.2, -0.15) is 0 Å². The normalized spacial score (nSPS) is 16.4. The lowest BCUT2D eigenvalue weighted by Crippen LogP contribution is -2.52. The van der Waals surface area contributed by atoms with Gasteiger partial charge in [0, 0.05) is 31.9 Å². The van der Waals surface area contributed by atoms with Crippen LogP contribution in [0.3, 0.4) is 0 Å². The molecule has 3 amide bonds. The first-order chi connectivity index (χ1) is 11.6. The van der Waals surface area contributed by atoms with Gasteiger partial charge in [-0.3, -0.25) is 9.69 Å². The number of urea groups is 1. The maximum absolute atomic E-state index is 12.7. The summed E-state index contributed by atoms with van der Waals surface area (Å²) in [7, 11) is 0. The zero-order valence-electron chi connectivity index (χ0n) is 13.6. The van der Waals surface area contributed by atoms with Crippen LogP contribution in [0.1, 0.15) is 30.7 Å². The molecule has 24 heavy (non-hydrogen) atoms. The summed E-state index contributed by atoms with van der Waals surface area (Å²) in [6.45, 7) is 3.14. The number of imide groups is 1. The van der Waals surface area contributed by atoms with Gasteiger partial charge in [-0.1, -0.05) is 37.3 Å². The topological polar surface area (TPSA) is 66.4 Å². The van der Waals surface area contributed by atoms with Crippen molar-refractivity contribution >= 4 is 11.9 Å². The number of carbonyl (C=O) groups excluding carboxylic acids is 2. The minimum absolute atomic E-state index is 0.0898. The van der Waals surface area contributed by atoms with E-state index in [0.29, 0.717) is 31.9 Å². The Morgan fingerprint density at radius 1 is 1.08 bits per heavy atom. The molecule has 1 saturated heterocycles. The smallest absolute Gasteiger partial charge is 0.316 e. The van der Waals surface area contributed by atoms with Crippen LogP contribution in [0, 0.1) is 0 Å². The molecular formula is C18H20N4O2. The minimum Gasteiger partial charge on any atom is -0.316 e. The Bertz CT molecular complexity index is 705. The van der Waals surface area contributed by atoms with E-state index in [-0.39, 0.29) is 17.9 Å². The molecule has 2 heterocycles. The van der Waals surface area contributed by atoms with E-state index >= 15 is 0 Å². The van der Waals surface area contributed by atoms with Crippen molar-refractivity contribution in [3.63, 3.8) is 0 Å². The van der Waals surface area contributed by atoms with Crippen molar-refractivity contribution < 1.29 is 9.59 Å². The zero-order valence-corrected chi connectivity index (χ0v) is 13.6. The van der Waals surface area contributed by atoms with Crippen LogP contribution >= 0.6 is 0 Å². The average molecular weight is 324 g/mol. The summed E-state index contributed by atoms with van der Waals surface area (Å²) in [5, 5.41) is 0. The predicted octanol–water partition coefficient (Wildman–Crippen LogP) is 2.43. The zero-order chi connectivity index (χ0) is 16.9. The molecule has 1 aliphatic rings. The van der Waals surface area contributed by atoms with Gasteiger partial charge in [0.2, 0.25) is 5.91 Å². The van der Waals surface area contributed by atoms with E-state index in [2.05, 4.69) is 9.97 Å². The lowest BCUT2D eigenvalue weighted by atomic mass is 10.0. The standard InChI is InChI=1S/C18H20N4O2/c1-14(15-6-3-2-4-7-15)12-22-17(23)8-11-21(18(22)24)13-16-19-9-5-10-20-16/h2-7,9-10,14H,8,11-13H2,1H3. The lowest BCUT2D eigenvalue weighted by Gasteiger charge is -2.35. The number of rotatable bonds is 5. The van der Waals surface area contributed by atoms with Gasteiger partial charge in [-0.05, 0) is 17.5 Å². The highest BCUT2D eigenvalue weighted by molar-refractivity contribution is 5.96. The minimum atomic E-state index is -0.263.